The van der Waals surface area contributed by atoms with Gasteiger partial charge in [-0.1, -0.05) is 13.8 Å². The minimum atomic E-state index is -4.55. The molecule has 0 radical (unpaired) electrons. The van der Waals surface area contributed by atoms with Crippen molar-refractivity contribution in [2.45, 2.75) is 45.2 Å². The number of ether oxygens (including phenoxy) is 1. The number of aliphatic hydroxyl groups is 1. The normalized spacial score (nSPS) is 17.8. The second kappa shape index (κ2) is 5.41. The largest absolute Gasteiger partial charge is 0.493 e. The quantitative estimate of drug-likeness (QED) is 0.850. The number of halogens is 4. The minimum Gasteiger partial charge on any atom is -0.493 e. The summed E-state index contributed by atoms with van der Waals surface area (Å²) in [4.78, 5) is 0. The van der Waals surface area contributed by atoms with E-state index in [2.05, 4.69) is 0 Å². The molecule has 0 bridgehead atoms. The van der Waals surface area contributed by atoms with Gasteiger partial charge in [0.05, 0.1) is 18.6 Å². The van der Waals surface area contributed by atoms with Crippen molar-refractivity contribution >= 4 is 0 Å². The summed E-state index contributed by atoms with van der Waals surface area (Å²) in [5, 5.41) is 9.25. The van der Waals surface area contributed by atoms with Crippen molar-refractivity contribution < 1.29 is 27.4 Å². The average Bonchev–Trinajstić information content (AvgIpc) is 2.83. The second-order valence-corrected chi connectivity index (χ2v) is 6.82. The maximum Gasteiger partial charge on any atom is 0.396 e. The Kier molecular flexibility index (Phi) is 4.19. The highest BCUT2D eigenvalue weighted by molar-refractivity contribution is 5.48. The molecule has 0 fully saturated rings. The fraction of sp³-hybridized carbons (Fsp3) is 0.625. The number of aliphatic hydroxyl groups excluding tert-OH is 1. The Labute approximate surface area is 127 Å². The van der Waals surface area contributed by atoms with Gasteiger partial charge in [0.25, 0.3) is 0 Å². The lowest BCUT2D eigenvalue weighted by molar-refractivity contribution is -0.235. The maximum atomic E-state index is 13.8. The molecule has 0 amide bonds. The predicted molar refractivity (Wildman–Crippen MR) is 74.5 cm³/mol. The first-order chi connectivity index (χ1) is 10.00. The highest BCUT2D eigenvalue weighted by Gasteiger charge is 2.53. The van der Waals surface area contributed by atoms with Gasteiger partial charge in [-0.15, -0.1) is 0 Å². The van der Waals surface area contributed by atoms with E-state index in [1.807, 2.05) is 0 Å². The number of benzene rings is 1. The number of fused-ring (bicyclic) bond motifs is 1. The SMILES string of the molecule is CC(C)(CC(C)(CO)C(F)(F)F)c1cc(F)cc2c1OCC2. The van der Waals surface area contributed by atoms with Crippen molar-refractivity contribution in [3.8, 4) is 5.75 Å². The number of hydrogen-bond acceptors (Lipinski definition) is 2. The monoisotopic (exact) mass is 320 g/mol. The third-order valence-electron chi connectivity index (χ3n) is 4.34. The number of hydrogen-bond donors (Lipinski definition) is 1. The van der Waals surface area contributed by atoms with Gasteiger partial charge in [-0.2, -0.15) is 13.2 Å². The summed E-state index contributed by atoms with van der Waals surface area (Å²) in [7, 11) is 0. The van der Waals surface area contributed by atoms with Gasteiger partial charge in [-0.05, 0) is 30.9 Å². The number of rotatable bonds is 4. The van der Waals surface area contributed by atoms with Gasteiger partial charge in [0, 0.05) is 17.5 Å². The summed E-state index contributed by atoms with van der Waals surface area (Å²) in [5.74, 6) is -0.00102. The zero-order chi connectivity index (χ0) is 16.8. The molecule has 1 aromatic carbocycles. The van der Waals surface area contributed by atoms with E-state index < -0.39 is 29.4 Å². The van der Waals surface area contributed by atoms with Crippen LogP contribution in [0.5, 0.6) is 5.75 Å². The Balaban J connectivity index is 2.43. The Hall–Kier alpha value is -1.30. The van der Waals surface area contributed by atoms with Gasteiger partial charge in [0.1, 0.15) is 11.6 Å². The van der Waals surface area contributed by atoms with Crippen molar-refractivity contribution in [2.24, 2.45) is 5.41 Å². The molecular formula is C16H20F4O2. The van der Waals surface area contributed by atoms with Gasteiger partial charge < -0.3 is 9.84 Å². The topological polar surface area (TPSA) is 29.5 Å². The van der Waals surface area contributed by atoms with Crippen LogP contribution in [-0.4, -0.2) is 24.5 Å². The highest BCUT2D eigenvalue weighted by atomic mass is 19.4. The standard InChI is InChI=1S/C16H20F4O2/c1-14(2,8-15(3,9-21)16(18,19)20)12-7-11(17)6-10-4-5-22-13(10)12/h6-7,21H,4-5,8-9H2,1-3H3. The first-order valence-electron chi connectivity index (χ1n) is 7.13. The fourth-order valence-electron chi connectivity index (χ4n) is 3.09. The molecule has 1 aliphatic heterocycles. The smallest absolute Gasteiger partial charge is 0.396 e. The second-order valence-electron chi connectivity index (χ2n) is 6.82. The molecule has 2 nitrogen and oxygen atoms in total. The van der Waals surface area contributed by atoms with Crippen LogP contribution in [-0.2, 0) is 11.8 Å². The van der Waals surface area contributed by atoms with E-state index in [0.717, 1.165) is 6.92 Å². The molecular weight excluding hydrogens is 300 g/mol. The molecule has 6 heteroatoms. The van der Waals surface area contributed by atoms with Gasteiger partial charge in [-0.3, -0.25) is 0 Å². The molecule has 1 aromatic rings. The maximum absolute atomic E-state index is 13.8. The third kappa shape index (κ3) is 2.93. The summed E-state index contributed by atoms with van der Waals surface area (Å²) >= 11 is 0. The molecule has 1 N–H and O–H groups in total. The molecule has 0 saturated heterocycles. The lowest BCUT2D eigenvalue weighted by Gasteiger charge is -2.38. The summed E-state index contributed by atoms with van der Waals surface area (Å²) in [6.45, 7) is 3.60. The first-order valence-corrected chi connectivity index (χ1v) is 7.13. The average molecular weight is 320 g/mol. The number of alkyl halides is 3. The molecule has 0 aromatic heterocycles. The third-order valence-corrected chi connectivity index (χ3v) is 4.34. The van der Waals surface area contributed by atoms with Crippen LogP contribution in [0.25, 0.3) is 0 Å². The van der Waals surface area contributed by atoms with Crippen LogP contribution in [0.15, 0.2) is 12.1 Å². The van der Waals surface area contributed by atoms with Crippen LogP contribution in [0.4, 0.5) is 17.6 Å². The zero-order valence-electron chi connectivity index (χ0n) is 12.9. The molecule has 2 rings (SSSR count). The van der Waals surface area contributed by atoms with E-state index in [-0.39, 0.29) is 6.42 Å². The summed E-state index contributed by atoms with van der Waals surface area (Å²) in [6.07, 6.45) is -4.36. The van der Waals surface area contributed by atoms with Gasteiger partial charge >= 0.3 is 6.18 Å². The summed E-state index contributed by atoms with van der Waals surface area (Å²) < 4.78 is 59.0. The Morgan fingerprint density at radius 2 is 1.82 bits per heavy atom. The van der Waals surface area contributed by atoms with Gasteiger partial charge in [0.15, 0.2) is 0 Å². The Morgan fingerprint density at radius 1 is 1.18 bits per heavy atom. The highest BCUT2D eigenvalue weighted by Crippen LogP contribution is 2.49. The van der Waals surface area contributed by atoms with Crippen LogP contribution in [0.1, 0.15) is 38.3 Å². The molecule has 1 unspecified atom stereocenters. The van der Waals surface area contributed by atoms with Crippen LogP contribution in [0.3, 0.4) is 0 Å². The molecule has 22 heavy (non-hydrogen) atoms. The van der Waals surface area contributed by atoms with Crippen molar-refractivity contribution in [3.63, 3.8) is 0 Å². The molecule has 0 spiro atoms. The molecule has 0 aliphatic carbocycles. The van der Waals surface area contributed by atoms with Crippen LogP contribution >= 0.6 is 0 Å². The van der Waals surface area contributed by atoms with Gasteiger partial charge in [-0.25, -0.2) is 4.39 Å². The fourth-order valence-corrected chi connectivity index (χ4v) is 3.09. The van der Waals surface area contributed by atoms with Crippen LogP contribution in [0.2, 0.25) is 0 Å². The van der Waals surface area contributed by atoms with Crippen LogP contribution < -0.4 is 4.74 Å². The predicted octanol–water partition coefficient (Wildman–Crippen LogP) is 3.99. The van der Waals surface area contributed by atoms with Crippen molar-refractivity contribution in [3.05, 3.63) is 29.1 Å². The van der Waals surface area contributed by atoms with Crippen molar-refractivity contribution in [2.75, 3.05) is 13.2 Å². The van der Waals surface area contributed by atoms with E-state index >= 15 is 0 Å². The van der Waals surface area contributed by atoms with E-state index in [4.69, 9.17) is 4.74 Å². The minimum absolute atomic E-state index is 0.362. The van der Waals surface area contributed by atoms with Crippen molar-refractivity contribution in [1.29, 1.82) is 0 Å². The van der Waals surface area contributed by atoms with E-state index in [1.54, 1.807) is 13.8 Å². The Morgan fingerprint density at radius 3 is 2.36 bits per heavy atom. The van der Waals surface area contributed by atoms with Crippen LogP contribution in [0, 0.1) is 11.2 Å². The lowest BCUT2D eigenvalue weighted by Crippen LogP contribution is -2.43. The molecule has 1 heterocycles. The van der Waals surface area contributed by atoms with E-state index in [0.29, 0.717) is 29.9 Å². The zero-order valence-corrected chi connectivity index (χ0v) is 12.9. The molecule has 124 valence electrons. The van der Waals surface area contributed by atoms with Gasteiger partial charge in [0.2, 0.25) is 0 Å². The molecule has 1 aliphatic rings. The van der Waals surface area contributed by atoms with E-state index in [1.165, 1.54) is 12.1 Å². The molecule has 0 saturated carbocycles. The lowest BCUT2D eigenvalue weighted by atomic mass is 9.70. The summed E-state index contributed by atoms with van der Waals surface area (Å²) in [6, 6.07) is 2.59. The summed E-state index contributed by atoms with van der Waals surface area (Å²) in [5.41, 5.74) is -2.15. The van der Waals surface area contributed by atoms with Crippen molar-refractivity contribution in [1.82, 2.24) is 0 Å². The Bertz CT molecular complexity index is 566. The van der Waals surface area contributed by atoms with E-state index in [9.17, 15) is 22.7 Å². The molecule has 1 atom stereocenters. The first kappa shape index (κ1) is 17.1.